The van der Waals surface area contributed by atoms with Crippen molar-refractivity contribution >= 4 is 16.9 Å². The molecule has 0 unspecified atom stereocenters. The van der Waals surface area contributed by atoms with E-state index in [2.05, 4.69) is 4.98 Å². The monoisotopic (exact) mass is 364 g/mol. The Labute approximate surface area is 156 Å². The molecule has 3 heterocycles. The van der Waals surface area contributed by atoms with Crippen LogP contribution in [0.1, 0.15) is 28.8 Å². The first-order chi connectivity index (χ1) is 13.1. The normalized spacial score (nSPS) is 15.1. The van der Waals surface area contributed by atoms with E-state index in [0.29, 0.717) is 35.5 Å². The molecule has 1 aliphatic rings. The first kappa shape index (κ1) is 17.3. The van der Waals surface area contributed by atoms with Gasteiger partial charge in [-0.25, -0.2) is 4.98 Å². The number of aromatic nitrogens is 1. The van der Waals surface area contributed by atoms with Gasteiger partial charge in [0.25, 0.3) is 5.91 Å². The number of fused-ring (bicyclic) bond motifs is 1. The number of pyridine rings is 1. The molecule has 2 aromatic heterocycles. The van der Waals surface area contributed by atoms with Crippen LogP contribution >= 0.6 is 0 Å². The predicted molar refractivity (Wildman–Crippen MR) is 101 cm³/mol. The highest BCUT2D eigenvalue weighted by Gasteiger charge is 2.25. The minimum Gasteiger partial charge on any atom is -0.474 e. The molecule has 0 saturated carbocycles. The quantitative estimate of drug-likeness (QED) is 0.714. The maximum atomic E-state index is 12.8. The van der Waals surface area contributed by atoms with Gasteiger partial charge in [0.15, 0.2) is 5.43 Å². The number of carbonyl (C=O) groups excluding carboxylic acids is 1. The van der Waals surface area contributed by atoms with Crippen molar-refractivity contribution in [3.8, 4) is 5.88 Å². The molecule has 1 saturated heterocycles. The Balaban J connectivity index is 1.42. The number of ether oxygens (including phenoxy) is 1. The summed E-state index contributed by atoms with van der Waals surface area (Å²) in [6, 6.07) is 10.2. The highest BCUT2D eigenvalue weighted by atomic mass is 16.5. The summed E-state index contributed by atoms with van der Waals surface area (Å²) >= 11 is 0. The van der Waals surface area contributed by atoms with E-state index in [4.69, 9.17) is 9.15 Å². The van der Waals surface area contributed by atoms with Crippen LogP contribution < -0.4 is 10.2 Å². The molecule has 6 nitrogen and oxygen atoms in total. The average molecular weight is 364 g/mol. The topological polar surface area (TPSA) is 72.6 Å². The van der Waals surface area contributed by atoms with E-state index in [-0.39, 0.29) is 17.4 Å². The first-order valence-electron chi connectivity index (χ1n) is 9.00. The van der Waals surface area contributed by atoms with Crippen molar-refractivity contribution in [1.29, 1.82) is 0 Å². The third-order valence-corrected chi connectivity index (χ3v) is 4.82. The van der Waals surface area contributed by atoms with Crippen LogP contribution in [0.2, 0.25) is 0 Å². The highest BCUT2D eigenvalue weighted by Crippen LogP contribution is 2.20. The van der Waals surface area contributed by atoms with Crippen LogP contribution in [0.3, 0.4) is 0 Å². The number of aryl methyl sites for hydroxylation is 1. The second-order valence-corrected chi connectivity index (χ2v) is 6.78. The van der Waals surface area contributed by atoms with Crippen LogP contribution in [0.25, 0.3) is 11.0 Å². The molecule has 27 heavy (non-hydrogen) atoms. The lowest BCUT2D eigenvalue weighted by Crippen LogP contribution is -2.41. The maximum absolute atomic E-state index is 12.8. The Hall–Kier alpha value is -3.15. The third kappa shape index (κ3) is 3.69. The molecule has 0 atom stereocenters. The van der Waals surface area contributed by atoms with Crippen LogP contribution in [0.5, 0.6) is 5.88 Å². The Morgan fingerprint density at radius 3 is 2.78 bits per heavy atom. The zero-order chi connectivity index (χ0) is 18.8. The molecule has 1 aromatic carbocycles. The summed E-state index contributed by atoms with van der Waals surface area (Å²) in [7, 11) is 0. The SMILES string of the molecule is Cc1ccnc(OC2CCN(C(=O)c3ccc4c(=O)ccoc4c3)CC2)c1. The molecule has 4 rings (SSSR count). The summed E-state index contributed by atoms with van der Waals surface area (Å²) in [6.45, 7) is 3.24. The summed E-state index contributed by atoms with van der Waals surface area (Å²) < 4.78 is 11.3. The maximum Gasteiger partial charge on any atom is 0.253 e. The summed E-state index contributed by atoms with van der Waals surface area (Å²) in [5, 5.41) is 0.479. The van der Waals surface area contributed by atoms with E-state index in [1.807, 2.05) is 24.0 Å². The molecule has 6 heteroatoms. The molecule has 138 valence electrons. The second-order valence-electron chi connectivity index (χ2n) is 6.78. The number of hydrogen-bond acceptors (Lipinski definition) is 5. The fraction of sp³-hybridized carbons (Fsp3) is 0.286. The van der Waals surface area contributed by atoms with Gasteiger partial charge in [0, 0.05) is 49.8 Å². The minimum absolute atomic E-state index is 0.0537. The zero-order valence-corrected chi connectivity index (χ0v) is 15.1. The minimum atomic E-state index is -0.113. The molecular formula is C21H20N2O4. The van der Waals surface area contributed by atoms with Crippen molar-refractivity contribution in [2.45, 2.75) is 25.9 Å². The molecule has 0 radical (unpaired) electrons. The van der Waals surface area contributed by atoms with E-state index in [1.54, 1.807) is 24.4 Å². The van der Waals surface area contributed by atoms with Gasteiger partial charge in [-0.3, -0.25) is 9.59 Å². The number of rotatable bonds is 3. The van der Waals surface area contributed by atoms with Crippen molar-refractivity contribution in [3.05, 3.63) is 70.2 Å². The fourth-order valence-electron chi connectivity index (χ4n) is 3.32. The first-order valence-corrected chi connectivity index (χ1v) is 9.00. The van der Waals surface area contributed by atoms with Crippen LogP contribution in [-0.4, -0.2) is 35.0 Å². The van der Waals surface area contributed by atoms with Crippen molar-refractivity contribution in [2.24, 2.45) is 0 Å². The largest absolute Gasteiger partial charge is 0.474 e. The molecule has 1 aliphatic heterocycles. The smallest absolute Gasteiger partial charge is 0.253 e. The number of hydrogen-bond donors (Lipinski definition) is 0. The second kappa shape index (κ2) is 7.23. The summed E-state index contributed by atoms with van der Waals surface area (Å²) in [5.41, 5.74) is 1.95. The molecule has 1 fully saturated rings. The standard InChI is InChI=1S/C21H20N2O4/c1-14-4-8-22-20(12-14)27-16-5-9-23(10-6-16)21(25)15-2-3-17-18(24)7-11-26-19(17)13-15/h2-4,7-8,11-13,16H,5-6,9-10H2,1H3. The van der Waals surface area contributed by atoms with Crippen molar-refractivity contribution in [1.82, 2.24) is 9.88 Å². The highest BCUT2D eigenvalue weighted by molar-refractivity contribution is 5.97. The van der Waals surface area contributed by atoms with Gasteiger partial charge in [0.05, 0.1) is 11.6 Å². The lowest BCUT2D eigenvalue weighted by atomic mass is 10.1. The Morgan fingerprint density at radius 2 is 2.00 bits per heavy atom. The summed E-state index contributed by atoms with van der Waals surface area (Å²) in [6.07, 6.45) is 4.65. The molecule has 1 amide bonds. The molecule has 0 bridgehead atoms. The van der Waals surface area contributed by atoms with E-state index < -0.39 is 0 Å². The van der Waals surface area contributed by atoms with Crippen molar-refractivity contribution < 1.29 is 13.9 Å². The summed E-state index contributed by atoms with van der Waals surface area (Å²) in [5.74, 6) is 0.569. The van der Waals surface area contributed by atoms with Gasteiger partial charge in [0.2, 0.25) is 5.88 Å². The van der Waals surface area contributed by atoms with Crippen LogP contribution in [0, 0.1) is 6.92 Å². The number of nitrogens with zero attached hydrogens (tertiary/aromatic N) is 2. The van der Waals surface area contributed by atoms with E-state index in [1.165, 1.54) is 12.3 Å². The Morgan fingerprint density at radius 1 is 1.19 bits per heavy atom. The molecular weight excluding hydrogens is 344 g/mol. The molecule has 3 aromatic rings. The zero-order valence-electron chi connectivity index (χ0n) is 15.1. The van der Waals surface area contributed by atoms with E-state index >= 15 is 0 Å². The summed E-state index contributed by atoms with van der Waals surface area (Å²) in [4.78, 5) is 30.6. The van der Waals surface area contributed by atoms with Crippen molar-refractivity contribution in [2.75, 3.05) is 13.1 Å². The number of carbonyl (C=O) groups is 1. The van der Waals surface area contributed by atoms with Gasteiger partial charge in [-0.1, -0.05) is 0 Å². The molecule has 0 aliphatic carbocycles. The average Bonchev–Trinajstić information content (AvgIpc) is 2.68. The van der Waals surface area contributed by atoms with E-state index in [0.717, 1.165) is 18.4 Å². The van der Waals surface area contributed by atoms with Gasteiger partial charge in [-0.15, -0.1) is 0 Å². The van der Waals surface area contributed by atoms with Crippen LogP contribution in [-0.2, 0) is 0 Å². The third-order valence-electron chi connectivity index (χ3n) is 4.82. The number of piperidine rings is 1. The lowest BCUT2D eigenvalue weighted by molar-refractivity contribution is 0.0588. The fourth-order valence-corrected chi connectivity index (χ4v) is 3.32. The van der Waals surface area contributed by atoms with Crippen LogP contribution in [0.4, 0.5) is 0 Å². The number of benzene rings is 1. The van der Waals surface area contributed by atoms with Crippen LogP contribution in [0.15, 0.2) is 58.1 Å². The van der Waals surface area contributed by atoms with E-state index in [9.17, 15) is 9.59 Å². The van der Waals surface area contributed by atoms with Gasteiger partial charge >= 0.3 is 0 Å². The number of amides is 1. The van der Waals surface area contributed by atoms with Gasteiger partial charge in [0.1, 0.15) is 11.7 Å². The number of likely N-dealkylation sites (tertiary alicyclic amines) is 1. The Bertz CT molecular complexity index is 1040. The Kier molecular flexibility index (Phi) is 4.62. The predicted octanol–water partition coefficient (Wildman–Crippen LogP) is 3.18. The van der Waals surface area contributed by atoms with Gasteiger partial charge < -0.3 is 14.1 Å². The van der Waals surface area contributed by atoms with Gasteiger partial charge in [-0.2, -0.15) is 0 Å². The molecule has 0 spiro atoms. The molecule has 0 N–H and O–H groups in total. The van der Waals surface area contributed by atoms with Gasteiger partial charge in [-0.05, 0) is 36.8 Å². The van der Waals surface area contributed by atoms with Crippen molar-refractivity contribution in [3.63, 3.8) is 0 Å². The lowest BCUT2D eigenvalue weighted by Gasteiger charge is -2.32.